The number of ether oxygens (including phenoxy) is 1. The van der Waals surface area contributed by atoms with E-state index in [0.717, 1.165) is 42.3 Å². The number of benzene rings is 1. The van der Waals surface area contributed by atoms with Crippen LogP contribution in [0.25, 0.3) is 5.65 Å². The summed E-state index contributed by atoms with van der Waals surface area (Å²) >= 11 is 0. The fourth-order valence-electron chi connectivity index (χ4n) is 3.06. The van der Waals surface area contributed by atoms with Gasteiger partial charge in [-0.25, -0.2) is 14.8 Å². The van der Waals surface area contributed by atoms with Crippen molar-refractivity contribution in [3.8, 4) is 0 Å². The van der Waals surface area contributed by atoms with E-state index in [1.165, 1.54) is 7.11 Å². The minimum absolute atomic E-state index is 0.152. The predicted octanol–water partition coefficient (Wildman–Crippen LogP) is 2.68. The highest BCUT2D eigenvalue weighted by atomic mass is 16.6. The topological polar surface area (TPSA) is 156 Å². The molecular weight excluding hydrogens is 492 g/mol. The van der Waals surface area contributed by atoms with E-state index in [-0.39, 0.29) is 19.0 Å². The molecule has 12 nitrogen and oxygen atoms in total. The number of aliphatic imine (C=N–C) groups is 1. The number of alkyl carbamates (subject to hydrolysis) is 1. The molecule has 0 aliphatic heterocycles. The maximum atomic E-state index is 10.8. The minimum Gasteiger partial charge on any atom is -0.453 e. The lowest BCUT2D eigenvalue weighted by atomic mass is 10.1. The average Bonchev–Trinajstić information content (AvgIpc) is 3.32. The number of rotatable bonds is 10. The lowest BCUT2D eigenvalue weighted by molar-refractivity contribution is -0.108. The monoisotopic (exact) mass is 526 g/mol. The van der Waals surface area contributed by atoms with Gasteiger partial charge in [-0.05, 0) is 56.3 Å². The molecule has 0 aliphatic rings. The number of aromatic nitrogens is 2. The van der Waals surface area contributed by atoms with Gasteiger partial charge in [-0.3, -0.25) is 4.79 Å². The van der Waals surface area contributed by atoms with E-state index in [0.29, 0.717) is 24.1 Å². The highest BCUT2D eigenvalue weighted by Crippen LogP contribution is 2.17. The molecule has 0 radical (unpaired) electrons. The maximum Gasteiger partial charge on any atom is 0.406 e. The second-order valence-corrected chi connectivity index (χ2v) is 7.48. The number of methoxy groups -OCH3 is 1. The number of aryl methyl sites for hydroxylation is 3. The quantitative estimate of drug-likeness (QED) is 0.121. The van der Waals surface area contributed by atoms with Crippen LogP contribution in [-0.4, -0.2) is 73.2 Å². The Labute approximate surface area is 221 Å². The molecule has 0 atom stereocenters. The van der Waals surface area contributed by atoms with E-state index >= 15 is 0 Å². The lowest BCUT2D eigenvalue weighted by Gasteiger charge is -2.07. The molecule has 0 aliphatic carbocycles. The zero-order valence-electron chi connectivity index (χ0n) is 22.0. The number of fused-ring (bicyclic) bond motifs is 1. The number of hydrogen-bond donors (Lipinski definition) is 3. The second kappa shape index (κ2) is 17.8. The number of nitrogens with one attached hydrogen (secondary N) is 2. The molecule has 0 bridgehead atoms. The number of hydrogen-bond acceptors (Lipinski definition) is 8. The van der Waals surface area contributed by atoms with E-state index in [1.54, 1.807) is 12.1 Å². The van der Waals surface area contributed by atoms with Gasteiger partial charge in [0.15, 0.2) is 5.84 Å². The molecule has 0 saturated carbocycles. The zero-order chi connectivity index (χ0) is 28.3. The largest absolute Gasteiger partial charge is 0.453 e. The van der Waals surface area contributed by atoms with Crippen molar-refractivity contribution < 1.29 is 29.1 Å². The van der Waals surface area contributed by atoms with E-state index < -0.39 is 6.09 Å². The third-order valence-electron chi connectivity index (χ3n) is 4.97. The standard InChI is InChI=1S/C14H18N4O4.C11H12N2O.CH4O/c1-10-4-5-11(8-12(10)17-9-19)13(15-2)18-22-7-6-16-14(20)21-3;1-9-8-12-11-7-10(3-2-6-14)4-5-13(9)11;1-2/h4-5,8-9H,2,6-7H2,1,3H3,(H,16,20)(H,17,19);4-8H,2-3H2,1H3;2H,1H3/b18-13-;;. The Bertz CT molecular complexity index is 1220. The number of aliphatic hydroxyl groups excluding tert-OH is 1. The molecule has 2 aromatic heterocycles. The van der Waals surface area contributed by atoms with Crippen molar-refractivity contribution in [3.63, 3.8) is 0 Å². The molecule has 2 amide bonds. The third kappa shape index (κ3) is 10.2. The van der Waals surface area contributed by atoms with Crippen LogP contribution in [0.3, 0.4) is 0 Å². The van der Waals surface area contributed by atoms with Gasteiger partial charge in [-0.15, -0.1) is 0 Å². The minimum atomic E-state index is -0.544. The number of imidazole rings is 1. The van der Waals surface area contributed by atoms with Crippen molar-refractivity contribution in [3.05, 3.63) is 65.1 Å². The highest BCUT2D eigenvalue weighted by Gasteiger charge is 2.06. The van der Waals surface area contributed by atoms with Crippen LogP contribution in [-0.2, 0) is 25.6 Å². The molecule has 2 heterocycles. The maximum absolute atomic E-state index is 10.8. The number of aliphatic hydroxyl groups is 1. The summed E-state index contributed by atoms with van der Waals surface area (Å²) in [6, 6.07) is 9.38. The number of amides is 2. The van der Waals surface area contributed by atoms with Crippen LogP contribution < -0.4 is 10.6 Å². The van der Waals surface area contributed by atoms with Crippen molar-refractivity contribution in [2.45, 2.75) is 26.7 Å². The lowest BCUT2D eigenvalue weighted by Crippen LogP contribution is -2.26. The SMILES string of the molecule is C=N/C(=N\OCCNC(=O)OC)c1ccc(C)c(NC=O)c1.CO.Cc1cnc2cc(CCC=O)ccn12. The number of aldehydes is 1. The van der Waals surface area contributed by atoms with Gasteiger partial charge in [-0.1, -0.05) is 17.3 Å². The summed E-state index contributed by atoms with van der Waals surface area (Å²) < 4.78 is 6.44. The van der Waals surface area contributed by atoms with Crippen LogP contribution in [0.1, 0.15) is 28.8 Å². The molecule has 3 N–H and O–H groups in total. The van der Waals surface area contributed by atoms with Gasteiger partial charge in [0.25, 0.3) is 0 Å². The summed E-state index contributed by atoms with van der Waals surface area (Å²) in [6.45, 7) is 7.71. The van der Waals surface area contributed by atoms with Crippen LogP contribution in [0.15, 0.2) is 52.9 Å². The Morgan fingerprint density at radius 3 is 2.63 bits per heavy atom. The molecular formula is C26H34N6O6. The summed E-state index contributed by atoms with van der Waals surface area (Å²) in [5.74, 6) is 0.270. The first-order valence-electron chi connectivity index (χ1n) is 11.5. The molecule has 3 rings (SSSR count). The number of anilines is 1. The van der Waals surface area contributed by atoms with Crippen molar-refractivity contribution in [2.24, 2.45) is 10.1 Å². The van der Waals surface area contributed by atoms with E-state index in [4.69, 9.17) is 9.94 Å². The Morgan fingerprint density at radius 2 is 1.97 bits per heavy atom. The molecule has 38 heavy (non-hydrogen) atoms. The number of oxime groups is 1. The van der Waals surface area contributed by atoms with Gasteiger partial charge in [0.1, 0.15) is 18.5 Å². The van der Waals surface area contributed by atoms with Crippen molar-refractivity contribution in [1.29, 1.82) is 0 Å². The van der Waals surface area contributed by atoms with Gasteiger partial charge >= 0.3 is 6.09 Å². The Balaban J connectivity index is 0.000000385. The molecule has 0 unspecified atom stereocenters. The van der Waals surface area contributed by atoms with E-state index in [1.807, 2.05) is 48.8 Å². The van der Waals surface area contributed by atoms with Crippen LogP contribution in [0, 0.1) is 13.8 Å². The fourth-order valence-corrected chi connectivity index (χ4v) is 3.06. The van der Waals surface area contributed by atoms with Crippen LogP contribution >= 0.6 is 0 Å². The van der Waals surface area contributed by atoms with Crippen molar-refractivity contribution in [1.82, 2.24) is 14.7 Å². The number of carbonyl (C=O) groups excluding carboxylic acids is 3. The molecule has 3 aromatic rings. The number of amidine groups is 1. The zero-order valence-corrected chi connectivity index (χ0v) is 22.0. The summed E-state index contributed by atoms with van der Waals surface area (Å²) in [6.07, 6.45) is 6.22. The number of pyridine rings is 1. The van der Waals surface area contributed by atoms with Crippen molar-refractivity contribution in [2.75, 3.05) is 32.7 Å². The van der Waals surface area contributed by atoms with Crippen LogP contribution in [0.5, 0.6) is 0 Å². The van der Waals surface area contributed by atoms with Gasteiger partial charge in [0.2, 0.25) is 6.41 Å². The molecule has 0 saturated heterocycles. The second-order valence-electron chi connectivity index (χ2n) is 7.48. The number of nitrogens with zero attached hydrogens (tertiary/aromatic N) is 4. The fraction of sp³-hybridized carbons (Fsp3) is 0.308. The smallest absolute Gasteiger partial charge is 0.406 e. The van der Waals surface area contributed by atoms with Crippen LogP contribution in [0.4, 0.5) is 10.5 Å². The predicted molar refractivity (Wildman–Crippen MR) is 146 cm³/mol. The first kappa shape index (κ1) is 31.4. The highest BCUT2D eigenvalue weighted by molar-refractivity contribution is 6.02. The Kier molecular flexibility index (Phi) is 14.7. The summed E-state index contributed by atoms with van der Waals surface area (Å²) in [4.78, 5) is 44.7. The normalized spacial score (nSPS) is 10.2. The van der Waals surface area contributed by atoms with Crippen molar-refractivity contribution >= 4 is 42.7 Å². The molecule has 0 fully saturated rings. The first-order chi connectivity index (χ1) is 18.4. The summed E-state index contributed by atoms with van der Waals surface area (Å²) in [7, 11) is 2.27. The van der Waals surface area contributed by atoms with E-state index in [2.05, 4.69) is 37.2 Å². The first-order valence-corrected chi connectivity index (χ1v) is 11.5. The summed E-state index contributed by atoms with van der Waals surface area (Å²) in [5.41, 5.74) is 5.44. The third-order valence-corrected chi connectivity index (χ3v) is 4.97. The average molecular weight is 527 g/mol. The van der Waals surface area contributed by atoms with Gasteiger partial charge < -0.3 is 34.5 Å². The number of carbonyl (C=O) groups is 3. The van der Waals surface area contributed by atoms with E-state index in [9.17, 15) is 14.4 Å². The van der Waals surface area contributed by atoms with Gasteiger partial charge in [0.05, 0.1) is 13.7 Å². The molecule has 204 valence electrons. The Hall–Kier alpha value is -4.58. The van der Waals surface area contributed by atoms with Gasteiger partial charge in [0, 0.05) is 42.9 Å². The Morgan fingerprint density at radius 1 is 1.21 bits per heavy atom. The molecule has 1 aromatic carbocycles. The molecule has 12 heteroatoms. The van der Waals surface area contributed by atoms with Gasteiger partial charge in [-0.2, -0.15) is 0 Å². The van der Waals surface area contributed by atoms with Crippen LogP contribution in [0.2, 0.25) is 0 Å². The molecule has 0 spiro atoms. The summed E-state index contributed by atoms with van der Waals surface area (Å²) in [5, 5.41) is 15.9.